The van der Waals surface area contributed by atoms with Gasteiger partial charge >= 0.3 is 39.4 Å². The predicted octanol–water partition coefficient (Wildman–Crippen LogP) is 5.91. The molecule has 0 fully saturated rings. The first-order chi connectivity index (χ1) is 17.3. The van der Waals surface area contributed by atoms with Crippen molar-refractivity contribution in [2.45, 2.75) is 28.2 Å². The number of nitriles is 2. The summed E-state index contributed by atoms with van der Waals surface area (Å²) in [5, 5.41) is 16.8. The number of halogens is 9. The first-order valence-electron chi connectivity index (χ1n) is 9.23. The molecular weight excluding hydrogens is 583 g/mol. The van der Waals surface area contributed by atoms with Gasteiger partial charge < -0.3 is 14.8 Å². The Hall–Kier alpha value is -3.84. The van der Waals surface area contributed by atoms with Crippen LogP contribution in [0.4, 0.5) is 55.7 Å². The number of nitrogens with one attached hydrogen (secondary N) is 2. The number of nitrogens with zero attached hydrogens (tertiary/aromatic N) is 2. The lowest BCUT2D eigenvalue weighted by Gasteiger charge is -2.32. The number of hydrogen-bond acceptors (Lipinski definition) is 7. The van der Waals surface area contributed by atoms with E-state index in [0.717, 1.165) is 11.8 Å². The van der Waals surface area contributed by atoms with E-state index in [1.54, 1.807) is 0 Å². The zero-order valence-corrected chi connectivity index (χ0v) is 19.4. The molecule has 0 saturated heterocycles. The lowest BCUT2D eigenvalue weighted by Crippen LogP contribution is -2.63. The molecular formula is C19H9F9N4O4S2. The highest BCUT2D eigenvalue weighted by atomic mass is 32.2. The van der Waals surface area contributed by atoms with E-state index < -0.39 is 50.7 Å². The number of alkyl halides is 9. The van der Waals surface area contributed by atoms with E-state index in [-0.39, 0.29) is 11.4 Å². The second-order valence-electron chi connectivity index (χ2n) is 6.82. The van der Waals surface area contributed by atoms with E-state index in [1.807, 2.05) is 5.40 Å². The second-order valence-corrected chi connectivity index (χ2v) is 9.27. The lowest BCUT2D eigenvalue weighted by atomic mass is 10.1. The lowest BCUT2D eigenvalue weighted by molar-refractivity contribution is -0.382. The number of carbonyl (C=O) groups excluding carboxylic acids is 1. The Labute approximate surface area is 211 Å². The fourth-order valence-electron chi connectivity index (χ4n) is 2.41. The highest BCUT2D eigenvalue weighted by Crippen LogP contribution is 2.55. The third kappa shape index (κ3) is 5.83. The predicted molar refractivity (Wildman–Crippen MR) is 112 cm³/mol. The van der Waals surface area contributed by atoms with E-state index in [4.69, 9.17) is 10.5 Å². The largest absolute Gasteiger partial charge is 0.460 e. The van der Waals surface area contributed by atoms with E-state index in [2.05, 4.69) is 14.8 Å². The average molecular weight is 592 g/mol. The molecule has 204 valence electrons. The van der Waals surface area contributed by atoms with Crippen molar-refractivity contribution >= 4 is 39.3 Å². The number of hydrogen-bond donors (Lipinski definition) is 2. The minimum Gasteiger partial charge on any atom is -0.377 e. The molecule has 8 nitrogen and oxygen atoms in total. The van der Waals surface area contributed by atoms with Gasteiger partial charge in [0.05, 0.1) is 5.56 Å². The van der Waals surface area contributed by atoms with E-state index in [9.17, 15) is 52.7 Å². The Morgan fingerprint density at radius 2 is 1.37 bits per heavy atom. The SMILES string of the molecule is N#CSc1ccc(NC(=O)Nc2ccc(OS(=O)(=O)C(F)(F)C(F)(F)C(F)(F)C(F)(F)F)c(C#N)c2)cc1. The van der Waals surface area contributed by atoms with Crippen LogP contribution in [-0.2, 0) is 10.1 Å². The number of amides is 2. The van der Waals surface area contributed by atoms with Crippen LogP contribution >= 0.6 is 11.8 Å². The molecule has 2 amide bonds. The van der Waals surface area contributed by atoms with Crippen LogP contribution in [0, 0.1) is 22.0 Å². The van der Waals surface area contributed by atoms with Gasteiger partial charge in [-0.05, 0) is 54.2 Å². The van der Waals surface area contributed by atoms with Crippen molar-refractivity contribution in [2.24, 2.45) is 0 Å². The monoisotopic (exact) mass is 592 g/mol. The zero-order chi connectivity index (χ0) is 29.2. The van der Waals surface area contributed by atoms with Crippen LogP contribution in [0.1, 0.15) is 5.56 Å². The van der Waals surface area contributed by atoms with Crippen molar-refractivity contribution in [3.05, 3.63) is 48.0 Å². The molecule has 2 rings (SSSR count). The van der Waals surface area contributed by atoms with Gasteiger partial charge in [0.1, 0.15) is 11.5 Å². The molecule has 2 aromatic carbocycles. The first-order valence-corrected chi connectivity index (χ1v) is 11.5. The van der Waals surface area contributed by atoms with Crippen LogP contribution in [0.3, 0.4) is 0 Å². The normalized spacial score (nSPS) is 12.7. The molecule has 19 heteroatoms. The van der Waals surface area contributed by atoms with Crippen molar-refractivity contribution in [3.63, 3.8) is 0 Å². The van der Waals surface area contributed by atoms with Gasteiger partial charge in [0, 0.05) is 16.3 Å². The number of carbonyl (C=O) groups is 1. The summed E-state index contributed by atoms with van der Waals surface area (Å²) in [6.45, 7) is 0. The summed E-state index contributed by atoms with van der Waals surface area (Å²) in [6.07, 6.45) is -7.27. The maximum Gasteiger partial charge on any atom is 0.460 e. The highest BCUT2D eigenvalue weighted by Gasteiger charge is 2.86. The maximum absolute atomic E-state index is 13.8. The zero-order valence-electron chi connectivity index (χ0n) is 17.8. The van der Waals surface area contributed by atoms with E-state index in [0.29, 0.717) is 23.1 Å². The standard InChI is InChI=1S/C19H9F9N4O4S2/c20-16(21,18(24,25)26)17(22,23)19(27,28)38(34,35)36-14-6-3-12(7-10(14)8-29)32-15(33)31-11-1-4-13(5-2-11)37-9-30/h1-7H,(H2,31,32,33). The summed E-state index contributed by atoms with van der Waals surface area (Å²) in [5.74, 6) is -16.5. The molecule has 0 saturated carbocycles. The number of benzene rings is 2. The van der Waals surface area contributed by atoms with E-state index in [1.165, 1.54) is 30.3 Å². The number of thioether (sulfide) groups is 1. The molecule has 0 bridgehead atoms. The molecule has 0 radical (unpaired) electrons. The molecule has 0 aromatic heterocycles. The first kappa shape index (κ1) is 30.4. The summed E-state index contributed by atoms with van der Waals surface area (Å²) in [6, 6.07) is 7.67. The topological polar surface area (TPSA) is 132 Å². The van der Waals surface area contributed by atoms with Crippen molar-refractivity contribution in [1.82, 2.24) is 0 Å². The summed E-state index contributed by atoms with van der Waals surface area (Å²) >= 11 is 0.836. The summed E-state index contributed by atoms with van der Waals surface area (Å²) in [5.41, 5.74) is -1.12. The van der Waals surface area contributed by atoms with Gasteiger partial charge in [0.15, 0.2) is 5.75 Å². The van der Waals surface area contributed by atoms with Crippen molar-refractivity contribution in [1.29, 1.82) is 10.5 Å². The van der Waals surface area contributed by atoms with Crippen molar-refractivity contribution < 1.29 is 56.9 Å². The fraction of sp³-hybridized carbons (Fsp3) is 0.211. The quantitative estimate of drug-likeness (QED) is 0.169. The Morgan fingerprint density at radius 3 is 1.87 bits per heavy atom. The van der Waals surface area contributed by atoms with Crippen LogP contribution in [0.5, 0.6) is 5.75 Å². The molecule has 0 aliphatic rings. The fourth-order valence-corrected chi connectivity index (χ4v) is 3.71. The average Bonchev–Trinajstić information content (AvgIpc) is 2.80. The second kappa shape index (κ2) is 10.5. The van der Waals surface area contributed by atoms with Gasteiger partial charge in [0.2, 0.25) is 0 Å². The summed E-state index contributed by atoms with van der Waals surface area (Å²) < 4.78 is 144. The van der Waals surface area contributed by atoms with Gasteiger partial charge in [0.25, 0.3) is 0 Å². The van der Waals surface area contributed by atoms with E-state index >= 15 is 0 Å². The van der Waals surface area contributed by atoms with Gasteiger partial charge in [-0.15, -0.1) is 0 Å². The third-order valence-corrected chi connectivity index (χ3v) is 6.15. The Bertz CT molecular complexity index is 1400. The molecule has 0 aliphatic carbocycles. The molecule has 0 spiro atoms. The summed E-state index contributed by atoms with van der Waals surface area (Å²) in [4.78, 5) is 12.6. The van der Waals surface area contributed by atoms with Crippen molar-refractivity contribution in [3.8, 4) is 17.2 Å². The number of urea groups is 1. The van der Waals surface area contributed by atoms with Gasteiger partial charge in [-0.3, -0.25) is 0 Å². The molecule has 2 aromatic rings. The van der Waals surface area contributed by atoms with Crippen LogP contribution < -0.4 is 14.8 Å². The van der Waals surface area contributed by atoms with Crippen LogP contribution in [0.25, 0.3) is 0 Å². The Balaban J connectivity index is 2.26. The minimum atomic E-state index is -7.52. The molecule has 38 heavy (non-hydrogen) atoms. The van der Waals surface area contributed by atoms with Crippen LogP contribution in [-0.4, -0.2) is 37.7 Å². The Kier molecular flexibility index (Phi) is 8.39. The van der Waals surface area contributed by atoms with Crippen LogP contribution in [0.15, 0.2) is 47.4 Å². The highest BCUT2D eigenvalue weighted by molar-refractivity contribution is 8.03. The number of rotatable bonds is 8. The maximum atomic E-state index is 13.8. The number of thiocyanates is 1. The molecule has 2 N–H and O–H groups in total. The minimum absolute atomic E-state index is 0.218. The third-order valence-electron chi connectivity index (χ3n) is 4.26. The van der Waals surface area contributed by atoms with Gasteiger partial charge in [-0.1, -0.05) is 0 Å². The molecule has 0 heterocycles. The molecule has 0 aliphatic heterocycles. The Morgan fingerprint density at radius 1 is 0.842 bits per heavy atom. The number of anilines is 2. The molecule has 0 unspecified atom stereocenters. The van der Waals surface area contributed by atoms with Crippen molar-refractivity contribution in [2.75, 3.05) is 10.6 Å². The molecule has 0 atom stereocenters. The van der Waals surface area contributed by atoms with Gasteiger partial charge in [-0.25, -0.2) is 4.79 Å². The summed E-state index contributed by atoms with van der Waals surface area (Å²) in [7, 11) is -7.27. The van der Waals surface area contributed by atoms with Gasteiger partial charge in [-0.2, -0.15) is 58.5 Å². The smallest absolute Gasteiger partial charge is 0.377 e. The van der Waals surface area contributed by atoms with Crippen LogP contribution in [0.2, 0.25) is 0 Å².